The van der Waals surface area contributed by atoms with Gasteiger partial charge in [0.05, 0.1) is 13.2 Å². The minimum absolute atomic E-state index is 0.425. The second kappa shape index (κ2) is 5.18. The molecule has 0 bridgehead atoms. The molecule has 0 aromatic heterocycles. The molecule has 0 N–H and O–H groups in total. The van der Waals surface area contributed by atoms with E-state index in [1.165, 1.54) is 12.0 Å². The van der Waals surface area contributed by atoms with Gasteiger partial charge in [0.1, 0.15) is 0 Å². The summed E-state index contributed by atoms with van der Waals surface area (Å²) in [6.07, 6.45) is 5.52. The zero-order chi connectivity index (χ0) is 10.6. The van der Waals surface area contributed by atoms with Gasteiger partial charge in [-0.1, -0.05) is 18.6 Å². The number of hydrogen-bond acceptors (Lipinski definition) is 2. The van der Waals surface area contributed by atoms with Gasteiger partial charge in [-0.3, -0.25) is 4.99 Å². The topological polar surface area (TPSA) is 21.6 Å². The fourth-order valence-corrected chi connectivity index (χ4v) is 1.72. The lowest BCUT2D eigenvalue weighted by Crippen LogP contribution is -2.24. The maximum absolute atomic E-state index is 5.21. The fraction of sp³-hybridized carbons (Fsp3) is 0.750. The molecular formula is C12H21NO. The van der Waals surface area contributed by atoms with E-state index in [9.17, 15) is 0 Å². The first-order chi connectivity index (χ1) is 6.63. The summed E-state index contributed by atoms with van der Waals surface area (Å²) in [6, 6.07) is 0.425. The summed E-state index contributed by atoms with van der Waals surface area (Å²) < 4.78 is 5.21. The van der Waals surface area contributed by atoms with Crippen molar-refractivity contribution < 1.29 is 4.74 Å². The summed E-state index contributed by atoms with van der Waals surface area (Å²) in [5.41, 5.74) is 1.37. The van der Waals surface area contributed by atoms with Crippen molar-refractivity contribution in [1.29, 1.82) is 0 Å². The molecule has 1 rings (SSSR count). The fourth-order valence-electron chi connectivity index (χ4n) is 1.72. The Kier molecular flexibility index (Phi) is 4.18. The standard InChI is InChI=1S/C12H21NO/c1-9(2)5-7-11-10(3)6-8-12(13-11)14-4/h5,10-11H,6-8H2,1-4H3/t10-,11+/m1/s1. The molecule has 80 valence electrons. The van der Waals surface area contributed by atoms with Crippen molar-refractivity contribution in [3.8, 4) is 0 Å². The Labute approximate surface area is 87.1 Å². The van der Waals surface area contributed by atoms with Gasteiger partial charge in [0, 0.05) is 6.42 Å². The lowest BCUT2D eigenvalue weighted by Gasteiger charge is -2.25. The first-order valence-corrected chi connectivity index (χ1v) is 5.37. The maximum Gasteiger partial charge on any atom is 0.183 e. The Morgan fingerprint density at radius 1 is 1.57 bits per heavy atom. The highest BCUT2D eigenvalue weighted by Gasteiger charge is 2.21. The molecule has 2 atom stereocenters. The Morgan fingerprint density at radius 2 is 2.29 bits per heavy atom. The molecule has 0 fully saturated rings. The second-order valence-electron chi connectivity index (χ2n) is 4.33. The molecule has 0 saturated carbocycles. The third kappa shape index (κ3) is 3.17. The summed E-state index contributed by atoms with van der Waals surface area (Å²) in [5, 5.41) is 0. The number of aliphatic imine (C=N–C) groups is 1. The van der Waals surface area contributed by atoms with E-state index in [1.54, 1.807) is 7.11 Å². The zero-order valence-electron chi connectivity index (χ0n) is 9.71. The molecule has 0 unspecified atom stereocenters. The number of ether oxygens (including phenoxy) is 1. The van der Waals surface area contributed by atoms with Crippen LogP contribution in [0.1, 0.15) is 40.0 Å². The first kappa shape index (κ1) is 11.3. The molecule has 0 radical (unpaired) electrons. The predicted octanol–water partition coefficient (Wildman–Crippen LogP) is 3.19. The van der Waals surface area contributed by atoms with Gasteiger partial charge in [-0.25, -0.2) is 0 Å². The number of methoxy groups -OCH3 is 1. The van der Waals surface area contributed by atoms with Gasteiger partial charge in [0.15, 0.2) is 5.90 Å². The van der Waals surface area contributed by atoms with E-state index in [4.69, 9.17) is 4.74 Å². The van der Waals surface area contributed by atoms with Gasteiger partial charge in [-0.05, 0) is 32.6 Å². The van der Waals surface area contributed by atoms with E-state index in [0.717, 1.165) is 18.7 Å². The average molecular weight is 195 g/mol. The Morgan fingerprint density at radius 3 is 2.86 bits per heavy atom. The van der Waals surface area contributed by atoms with E-state index < -0.39 is 0 Å². The quantitative estimate of drug-likeness (QED) is 0.620. The summed E-state index contributed by atoms with van der Waals surface area (Å²) in [5.74, 6) is 1.61. The molecule has 0 saturated heterocycles. The predicted molar refractivity (Wildman–Crippen MR) is 60.7 cm³/mol. The molecule has 14 heavy (non-hydrogen) atoms. The van der Waals surface area contributed by atoms with Crippen molar-refractivity contribution >= 4 is 5.90 Å². The number of nitrogens with zero attached hydrogens (tertiary/aromatic N) is 1. The Balaban J connectivity index is 2.60. The normalized spacial score (nSPS) is 26.7. The maximum atomic E-state index is 5.21. The summed E-state index contributed by atoms with van der Waals surface area (Å²) >= 11 is 0. The Bertz CT molecular complexity index is 239. The van der Waals surface area contributed by atoms with Crippen LogP contribution < -0.4 is 0 Å². The van der Waals surface area contributed by atoms with Crippen molar-refractivity contribution in [3.63, 3.8) is 0 Å². The molecule has 0 aromatic carbocycles. The Hall–Kier alpha value is -0.790. The largest absolute Gasteiger partial charge is 0.484 e. The van der Waals surface area contributed by atoms with Crippen LogP contribution in [-0.2, 0) is 4.74 Å². The third-order valence-corrected chi connectivity index (χ3v) is 2.78. The molecule has 1 heterocycles. The smallest absolute Gasteiger partial charge is 0.183 e. The first-order valence-electron chi connectivity index (χ1n) is 5.37. The highest BCUT2D eigenvalue weighted by atomic mass is 16.5. The van der Waals surface area contributed by atoms with Crippen LogP contribution >= 0.6 is 0 Å². The van der Waals surface area contributed by atoms with Gasteiger partial charge >= 0.3 is 0 Å². The van der Waals surface area contributed by atoms with Crippen LogP contribution in [-0.4, -0.2) is 19.0 Å². The minimum atomic E-state index is 0.425. The van der Waals surface area contributed by atoms with Crippen molar-refractivity contribution in [2.45, 2.75) is 46.1 Å². The lowest BCUT2D eigenvalue weighted by atomic mass is 9.91. The number of allylic oxidation sites excluding steroid dienone is 1. The molecule has 2 nitrogen and oxygen atoms in total. The van der Waals surface area contributed by atoms with Crippen molar-refractivity contribution in [1.82, 2.24) is 0 Å². The summed E-state index contributed by atoms with van der Waals surface area (Å²) in [7, 11) is 1.72. The van der Waals surface area contributed by atoms with Crippen LogP contribution in [0.4, 0.5) is 0 Å². The van der Waals surface area contributed by atoms with Gasteiger partial charge in [0.2, 0.25) is 0 Å². The molecule has 1 aliphatic heterocycles. The van der Waals surface area contributed by atoms with E-state index >= 15 is 0 Å². The number of hydrogen-bond donors (Lipinski definition) is 0. The van der Waals surface area contributed by atoms with Crippen LogP contribution in [0.25, 0.3) is 0 Å². The second-order valence-corrected chi connectivity index (χ2v) is 4.33. The molecule has 0 spiro atoms. The van der Waals surface area contributed by atoms with Crippen LogP contribution in [0.3, 0.4) is 0 Å². The van der Waals surface area contributed by atoms with E-state index in [-0.39, 0.29) is 0 Å². The van der Waals surface area contributed by atoms with Gasteiger partial charge in [-0.2, -0.15) is 0 Å². The van der Waals surface area contributed by atoms with Crippen molar-refractivity contribution in [2.75, 3.05) is 7.11 Å². The monoisotopic (exact) mass is 195 g/mol. The van der Waals surface area contributed by atoms with Crippen LogP contribution in [0.15, 0.2) is 16.6 Å². The van der Waals surface area contributed by atoms with E-state index in [0.29, 0.717) is 12.0 Å². The van der Waals surface area contributed by atoms with Crippen LogP contribution in [0, 0.1) is 5.92 Å². The highest BCUT2D eigenvalue weighted by molar-refractivity contribution is 5.76. The van der Waals surface area contributed by atoms with Gasteiger partial charge in [0.25, 0.3) is 0 Å². The molecule has 0 amide bonds. The molecular weight excluding hydrogens is 174 g/mol. The van der Waals surface area contributed by atoms with Crippen LogP contribution in [0.5, 0.6) is 0 Å². The highest BCUT2D eigenvalue weighted by Crippen LogP contribution is 2.23. The van der Waals surface area contributed by atoms with E-state index in [2.05, 4.69) is 31.8 Å². The third-order valence-electron chi connectivity index (χ3n) is 2.78. The molecule has 0 aromatic rings. The SMILES string of the molecule is COC1=N[C@@H](CC=C(C)C)[C@H](C)CC1. The van der Waals surface area contributed by atoms with Crippen LogP contribution in [0.2, 0.25) is 0 Å². The molecule has 1 aliphatic rings. The summed E-state index contributed by atoms with van der Waals surface area (Å²) in [6.45, 7) is 6.54. The van der Waals surface area contributed by atoms with Crippen molar-refractivity contribution in [3.05, 3.63) is 11.6 Å². The zero-order valence-corrected chi connectivity index (χ0v) is 9.71. The molecule has 2 heteroatoms. The van der Waals surface area contributed by atoms with Gasteiger partial charge < -0.3 is 4.74 Å². The van der Waals surface area contributed by atoms with Gasteiger partial charge in [-0.15, -0.1) is 0 Å². The minimum Gasteiger partial charge on any atom is -0.484 e. The summed E-state index contributed by atoms with van der Waals surface area (Å²) in [4.78, 5) is 4.60. The van der Waals surface area contributed by atoms with Crippen molar-refractivity contribution in [2.24, 2.45) is 10.9 Å². The average Bonchev–Trinajstić information content (AvgIpc) is 2.16. The lowest BCUT2D eigenvalue weighted by molar-refractivity contribution is 0.334. The number of rotatable bonds is 2. The molecule has 0 aliphatic carbocycles. The van der Waals surface area contributed by atoms with E-state index in [1.807, 2.05) is 0 Å².